The van der Waals surface area contributed by atoms with Gasteiger partial charge in [-0.25, -0.2) is 0 Å². The first kappa shape index (κ1) is 15.1. The molecular formula is C15H17N3O5. The van der Waals surface area contributed by atoms with E-state index in [2.05, 4.69) is 16.0 Å². The van der Waals surface area contributed by atoms with Gasteiger partial charge in [0.25, 0.3) is 5.91 Å². The summed E-state index contributed by atoms with van der Waals surface area (Å²) in [4.78, 5) is 35.0. The van der Waals surface area contributed by atoms with Gasteiger partial charge in [-0.1, -0.05) is 0 Å². The van der Waals surface area contributed by atoms with Gasteiger partial charge in [0.05, 0.1) is 13.1 Å². The first-order chi connectivity index (χ1) is 11.1. The highest BCUT2D eigenvalue weighted by Crippen LogP contribution is 2.32. The molecule has 3 amide bonds. The number of ether oxygens (including phenoxy) is 2. The normalized spacial score (nSPS) is 15.0. The van der Waals surface area contributed by atoms with Gasteiger partial charge in [0, 0.05) is 11.6 Å². The van der Waals surface area contributed by atoms with Crippen molar-refractivity contribution in [3.05, 3.63) is 23.8 Å². The van der Waals surface area contributed by atoms with Crippen molar-refractivity contribution in [1.29, 1.82) is 0 Å². The Morgan fingerprint density at radius 2 is 1.74 bits per heavy atom. The molecule has 1 fully saturated rings. The van der Waals surface area contributed by atoms with E-state index in [4.69, 9.17) is 9.47 Å². The van der Waals surface area contributed by atoms with Gasteiger partial charge in [0.2, 0.25) is 18.6 Å². The van der Waals surface area contributed by atoms with Gasteiger partial charge in [0.15, 0.2) is 11.5 Å². The van der Waals surface area contributed by atoms with E-state index in [9.17, 15) is 14.4 Å². The summed E-state index contributed by atoms with van der Waals surface area (Å²) < 4.78 is 10.4. The number of rotatable bonds is 6. The van der Waals surface area contributed by atoms with E-state index in [0.29, 0.717) is 17.1 Å². The molecule has 0 radical (unpaired) electrons. The quantitative estimate of drug-likeness (QED) is 0.658. The molecule has 3 N–H and O–H groups in total. The van der Waals surface area contributed by atoms with Crippen molar-refractivity contribution < 1.29 is 23.9 Å². The van der Waals surface area contributed by atoms with E-state index in [1.165, 1.54) is 0 Å². The van der Waals surface area contributed by atoms with Crippen LogP contribution < -0.4 is 25.4 Å². The topological polar surface area (TPSA) is 106 Å². The molecule has 0 aromatic heterocycles. The molecule has 8 heteroatoms. The second-order valence-corrected chi connectivity index (χ2v) is 5.37. The fraction of sp³-hybridized carbons (Fsp3) is 0.400. The van der Waals surface area contributed by atoms with Crippen LogP contribution in [0.1, 0.15) is 23.2 Å². The molecule has 1 aliphatic carbocycles. The van der Waals surface area contributed by atoms with Gasteiger partial charge >= 0.3 is 0 Å². The van der Waals surface area contributed by atoms with Crippen LogP contribution in [0, 0.1) is 0 Å². The maximum Gasteiger partial charge on any atom is 0.251 e. The Morgan fingerprint density at radius 1 is 1.00 bits per heavy atom. The zero-order valence-electron chi connectivity index (χ0n) is 12.4. The zero-order valence-corrected chi connectivity index (χ0v) is 12.4. The number of hydrogen-bond donors (Lipinski definition) is 3. The lowest BCUT2D eigenvalue weighted by Gasteiger charge is -2.08. The minimum absolute atomic E-state index is 0.0881. The standard InChI is InChI=1S/C15H17N3O5/c19-13(16-7-14(20)18-10-2-3-10)6-17-15(21)9-1-4-11-12(5-9)23-8-22-11/h1,4-5,10H,2-3,6-8H2,(H,16,19)(H,17,21)(H,18,20). The Balaban J connectivity index is 1.41. The third-order valence-electron chi connectivity index (χ3n) is 3.43. The molecule has 3 rings (SSSR count). The van der Waals surface area contributed by atoms with Crippen LogP contribution in [0.25, 0.3) is 0 Å². The van der Waals surface area contributed by atoms with Crippen LogP contribution in [0.15, 0.2) is 18.2 Å². The van der Waals surface area contributed by atoms with Crippen molar-refractivity contribution in [2.45, 2.75) is 18.9 Å². The molecule has 2 aliphatic rings. The predicted octanol–water partition coefficient (Wildman–Crippen LogP) is -0.460. The molecule has 0 spiro atoms. The predicted molar refractivity (Wildman–Crippen MR) is 79.1 cm³/mol. The first-order valence-electron chi connectivity index (χ1n) is 7.36. The molecule has 0 unspecified atom stereocenters. The summed E-state index contributed by atoms with van der Waals surface area (Å²) >= 11 is 0. The SMILES string of the molecule is O=C(CNC(=O)c1ccc2c(c1)OCO2)NCC(=O)NC1CC1. The molecule has 23 heavy (non-hydrogen) atoms. The van der Waals surface area contributed by atoms with Crippen LogP contribution in [0.2, 0.25) is 0 Å². The smallest absolute Gasteiger partial charge is 0.251 e. The Hall–Kier alpha value is -2.77. The molecule has 1 aromatic rings. The summed E-state index contributed by atoms with van der Waals surface area (Å²) in [6.45, 7) is -0.162. The molecule has 0 saturated heterocycles. The van der Waals surface area contributed by atoms with Crippen LogP contribution in [0.3, 0.4) is 0 Å². The van der Waals surface area contributed by atoms with Gasteiger partial charge in [-0.3, -0.25) is 14.4 Å². The number of nitrogens with one attached hydrogen (secondary N) is 3. The van der Waals surface area contributed by atoms with Crippen molar-refractivity contribution >= 4 is 17.7 Å². The van der Waals surface area contributed by atoms with Crippen LogP contribution in [0.4, 0.5) is 0 Å². The van der Waals surface area contributed by atoms with E-state index in [0.717, 1.165) is 12.8 Å². The minimum atomic E-state index is -0.426. The Morgan fingerprint density at radius 3 is 2.52 bits per heavy atom. The molecule has 1 aromatic carbocycles. The van der Waals surface area contributed by atoms with Crippen molar-refractivity contribution in [1.82, 2.24) is 16.0 Å². The highest BCUT2D eigenvalue weighted by molar-refractivity contribution is 5.97. The van der Waals surface area contributed by atoms with Crippen LogP contribution in [-0.4, -0.2) is 43.6 Å². The third kappa shape index (κ3) is 4.12. The number of hydrogen-bond acceptors (Lipinski definition) is 5. The lowest BCUT2D eigenvalue weighted by Crippen LogP contribution is -2.42. The minimum Gasteiger partial charge on any atom is -0.454 e. The molecular weight excluding hydrogens is 302 g/mol. The van der Waals surface area contributed by atoms with E-state index in [1.54, 1.807) is 18.2 Å². The summed E-state index contributed by atoms with van der Waals surface area (Å²) in [5.41, 5.74) is 0.369. The molecule has 0 bridgehead atoms. The molecule has 1 saturated carbocycles. The van der Waals surface area contributed by atoms with Gasteiger partial charge in [-0.15, -0.1) is 0 Å². The summed E-state index contributed by atoms with van der Waals surface area (Å²) in [5.74, 6) is 0.0358. The zero-order chi connectivity index (χ0) is 16.2. The van der Waals surface area contributed by atoms with Crippen molar-refractivity contribution in [3.63, 3.8) is 0 Å². The van der Waals surface area contributed by atoms with Gasteiger partial charge in [-0.05, 0) is 31.0 Å². The van der Waals surface area contributed by atoms with E-state index >= 15 is 0 Å². The average Bonchev–Trinajstić information content (AvgIpc) is 3.23. The Bertz CT molecular complexity index is 642. The Kier molecular flexibility index (Phi) is 4.31. The van der Waals surface area contributed by atoms with Gasteiger partial charge in [-0.2, -0.15) is 0 Å². The highest BCUT2D eigenvalue weighted by Gasteiger charge is 2.23. The maximum atomic E-state index is 12.0. The van der Waals surface area contributed by atoms with Gasteiger partial charge < -0.3 is 25.4 Å². The van der Waals surface area contributed by atoms with Crippen LogP contribution in [-0.2, 0) is 9.59 Å². The highest BCUT2D eigenvalue weighted by atomic mass is 16.7. The summed E-state index contributed by atoms with van der Waals surface area (Å²) in [6.07, 6.45) is 1.98. The monoisotopic (exact) mass is 319 g/mol. The number of carbonyl (C=O) groups excluding carboxylic acids is 3. The maximum absolute atomic E-state index is 12.0. The number of amides is 3. The molecule has 0 atom stereocenters. The second-order valence-electron chi connectivity index (χ2n) is 5.37. The van der Waals surface area contributed by atoms with Crippen molar-refractivity contribution in [2.75, 3.05) is 19.9 Å². The lowest BCUT2D eigenvalue weighted by molar-refractivity contribution is -0.125. The summed E-state index contributed by atoms with van der Waals surface area (Å²) in [6, 6.07) is 5.03. The fourth-order valence-corrected chi connectivity index (χ4v) is 2.05. The molecule has 1 heterocycles. The van der Waals surface area contributed by atoms with E-state index in [-0.39, 0.29) is 31.8 Å². The van der Waals surface area contributed by atoms with Crippen LogP contribution >= 0.6 is 0 Å². The fourth-order valence-electron chi connectivity index (χ4n) is 2.05. The second kappa shape index (κ2) is 6.55. The van der Waals surface area contributed by atoms with Gasteiger partial charge in [0.1, 0.15) is 0 Å². The number of carbonyl (C=O) groups is 3. The Labute approximate surface area is 132 Å². The van der Waals surface area contributed by atoms with Crippen molar-refractivity contribution in [2.24, 2.45) is 0 Å². The number of benzene rings is 1. The van der Waals surface area contributed by atoms with Crippen molar-refractivity contribution in [3.8, 4) is 11.5 Å². The molecule has 8 nitrogen and oxygen atoms in total. The third-order valence-corrected chi connectivity index (χ3v) is 3.43. The average molecular weight is 319 g/mol. The van der Waals surface area contributed by atoms with E-state index in [1.807, 2.05) is 0 Å². The largest absolute Gasteiger partial charge is 0.454 e. The number of fused-ring (bicyclic) bond motifs is 1. The van der Waals surface area contributed by atoms with Crippen LogP contribution in [0.5, 0.6) is 11.5 Å². The first-order valence-corrected chi connectivity index (χ1v) is 7.36. The lowest BCUT2D eigenvalue weighted by atomic mass is 10.2. The molecule has 1 aliphatic heterocycles. The summed E-state index contributed by atoms with van der Waals surface area (Å²) in [7, 11) is 0. The summed E-state index contributed by atoms with van der Waals surface area (Å²) in [5, 5.41) is 7.70. The molecule has 122 valence electrons. The van der Waals surface area contributed by atoms with E-state index < -0.39 is 11.8 Å².